The SMILES string of the molecule is CC(C)C(NC(=O)c1ccccc1F)C(=O)NCCNS(=O)(=O)c1cccc([N+](=O)[O-])c1. The van der Waals surface area contributed by atoms with E-state index in [1.54, 1.807) is 13.8 Å². The van der Waals surface area contributed by atoms with Crippen molar-refractivity contribution in [2.75, 3.05) is 13.1 Å². The van der Waals surface area contributed by atoms with E-state index in [1.165, 1.54) is 36.4 Å². The summed E-state index contributed by atoms with van der Waals surface area (Å²) in [5.74, 6) is -2.36. The van der Waals surface area contributed by atoms with E-state index < -0.39 is 38.6 Å². The van der Waals surface area contributed by atoms with Crippen molar-refractivity contribution >= 4 is 27.5 Å². The maximum Gasteiger partial charge on any atom is 0.270 e. The summed E-state index contributed by atoms with van der Waals surface area (Å²) < 4.78 is 40.6. The van der Waals surface area contributed by atoms with Gasteiger partial charge in [-0.05, 0) is 24.1 Å². The third-order valence-corrected chi connectivity index (χ3v) is 5.87. The zero-order valence-electron chi connectivity index (χ0n) is 17.4. The minimum Gasteiger partial charge on any atom is -0.353 e. The monoisotopic (exact) mass is 466 g/mol. The number of nitro benzene ring substituents is 1. The average Bonchev–Trinajstić information content (AvgIpc) is 2.75. The van der Waals surface area contributed by atoms with Crippen LogP contribution in [0.3, 0.4) is 0 Å². The Morgan fingerprint density at radius 3 is 2.41 bits per heavy atom. The molecule has 0 aromatic heterocycles. The predicted molar refractivity (Wildman–Crippen MR) is 114 cm³/mol. The fourth-order valence-corrected chi connectivity index (χ4v) is 3.80. The molecule has 10 nitrogen and oxygen atoms in total. The van der Waals surface area contributed by atoms with Crippen molar-refractivity contribution in [1.82, 2.24) is 15.4 Å². The lowest BCUT2D eigenvalue weighted by molar-refractivity contribution is -0.385. The zero-order chi connectivity index (χ0) is 23.9. The van der Waals surface area contributed by atoms with Gasteiger partial charge in [-0.15, -0.1) is 0 Å². The van der Waals surface area contributed by atoms with Crippen LogP contribution in [0.1, 0.15) is 24.2 Å². The second kappa shape index (κ2) is 10.8. The van der Waals surface area contributed by atoms with Gasteiger partial charge in [0.25, 0.3) is 11.6 Å². The first-order valence-corrected chi connectivity index (χ1v) is 11.1. The van der Waals surface area contributed by atoms with E-state index in [4.69, 9.17) is 0 Å². The minimum atomic E-state index is -4.03. The number of halogens is 1. The Morgan fingerprint density at radius 1 is 1.09 bits per heavy atom. The van der Waals surface area contributed by atoms with Crippen LogP contribution in [0.5, 0.6) is 0 Å². The minimum absolute atomic E-state index is 0.105. The van der Waals surface area contributed by atoms with Gasteiger partial charge in [0.1, 0.15) is 11.9 Å². The standard InChI is InChI=1S/C20H23FN4O6S/c1-13(2)18(24-19(26)16-8-3-4-9-17(16)21)20(27)22-10-11-23-32(30,31)15-7-5-6-14(12-15)25(28)29/h3-9,12-13,18,23H,10-11H2,1-2H3,(H,22,27)(H,24,26). The smallest absolute Gasteiger partial charge is 0.270 e. The summed E-state index contributed by atoms with van der Waals surface area (Å²) in [6.45, 7) is 3.09. The van der Waals surface area contributed by atoms with Crippen molar-refractivity contribution < 1.29 is 27.3 Å². The van der Waals surface area contributed by atoms with Gasteiger partial charge in [-0.3, -0.25) is 19.7 Å². The maximum absolute atomic E-state index is 13.8. The molecule has 2 aromatic carbocycles. The average molecular weight is 466 g/mol. The molecule has 0 fully saturated rings. The molecule has 1 atom stereocenters. The number of nitrogens with one attached hydrogen (secondary N) is 3. The molecule has 172 valence electrons. The van der Waals surface area contributed by atoms with Gasteiger partial charge in [-0.2, -0.15) is 0 Å². The van der Waals surface area contributed by atoms with Gasteiger partial charge in [0.05, 0.1) is 15.4 Å². The highest BCUT2D eigenvalue weighted by atomic mass is 32.2. The Morgan fingerprint density at radius 2 is 1.78 bits per heavy atom. The lowest BCUT2D eigenvalue weighted by Crippen LogP contribution is -2.51. The van der Waals surface area contributed by atoms with Gasteiger partial charge in [-0.25, -0.2) is 17.5 Å². The maximum atomic E-state index is 13.8. The Bertz CT molecular complexity index is 1110. The summed E-state index contributed by atoms with van der Waals surface area (Å²) in [7, 11) is -4.03. The van der Waals surface area contributed by atoms with Crippen LogP contribution in [0.15, 0.2) is 53.4 Å². The van der Waals surface area contributed by atoms with Crippen molar-refractivity contribution in [3.8, 4) is 0 Å². The topological polar surface area (TPSA) is 148 Å². The number of sulfonamides is 1. The predicted octanol–water partition coefficient (Wildman–Crippen LogP) is 1.58. The summed E-state index contributed by atoms with van der Waals surface area (Å²) in [5, 5.41) is 15.8. The quantitative estimate of drug-likeness (QED) is 0.275. The van der Waals surface area contributed by atoms with Crippen molar-refractivity contribution in [2.24, 2.45) is 5.92 Å². The third kappa shape index (κ3) is 6.56. The molecule has 0 aliphatic heterocycles. The molecule has 0 heterocycles. The summed E-state index contributed by atoms with van der Waals surface area (Å²) in [4.78, 5) is 34.6. The third-order valence-electron chi connectivity index (χ3n) is 4.41. The number of amides is 2. The second-order valence-electron chi connectivity index (χ2n) is 7.12. The molecule has 0 aliphatic rings. The van der Waals surface area contributed by atoms with Crippen molar-refractivity contribution in [3.05, 3.63) is 70.0 Å². The Hall–Kier alpha value is -3.38. The van der Waals surface area contributed by atoms with E-state index in [9.17, 15) is 32.5 Å². The van der Waals surface area contributed by atoms with Gasteiger partial charge in [-0.1, -0.05) is 32.0 Å². The number of nitrogens with zero attached hydrogens (tertiary/aromatic N) is 1. The first-order chi connectivity index (χ1) is 15.0. The molecule has 2 rings (SSSR count). The van der Waals surface area contributed by atoms with Gasteiger partial charge in [0.15, 0.2) is 0 Å². The number of carbonyl (C=O) groups is 2. The number of rotatable bonds is 10. The number of benzene rings is 2. The zero-order valence-corrected chi connectivity index (χ0v) is 18.2. The van der Waals surface area contributed by atoms with Crippen LogP contribution in [-0.2, 0) is 14.8 Å². The molecule has 12 heteroatoms. The van der Waals surface area contributed by atoms with Gasteiger partial charge >= 0.3 is 0 Å². The number of carbonyl (C=O) groups excluding carboxylic acids is 2. The molecule has 32 heavy (non-hydrogen) atoms. The summed E-state index contributed by atoms with van der Waals surface area (Å²) in [5.41, 5.74) is -0.567. The first-order valence-electron chi connectivity index (χ1n) is 9.60. The van der Waals surface area contributed by atoms with Crippen LogP contribution in [0.25, 0.3) is 0 Å². The van der Waals surface area contributed by atoms with Gasteiger partial charge < -0.3 is 10.6 Å². The lowest BCUT2D eigenvalue weighted by atomic mass is 10.0. The van der Waals surface area contributed by atoms with Gasteiger partial charge in [0, 0.05) is 25.2 Å². The van der Waals surface area contributed by atoms with E-state index in [0.29, 0.717) is 0 Å². The van der Waals surface area contributed by atoms with Crippen LogP contribution in [0.4, 0.5) is 10.1 Å². The Kier molecular flexibility index (Phi) is 8.38. The van der Waals surface area contributed by atoms with E-state index >= 15 is 0 Å². The summed E-state index contributed by atoms with van der Waals surface area (Å²) >= 11 is 0. The van der Waals surface area contributed by atoms with Crippen LogP contribution < -0.4 is 15.4 Å². The van der Waals surface area contributed by atoms with Crippen molar-refractivity contribution in [3.63, 3.8) is 0 Å². The Labute approximate surface area is 184 Å². The van der Waals surface area contributed by atoms with Crippen LogP contribution in [0, 0.1) is 21.8 Å². The number of hydrogen-bond acceptors (Lipinski definition) is 6. The highest BCUT2D eigenvalue weighted by molar-refractivity contribution is 7.89. The van der Waals surface area contributed by atoms with Crippen molar-refractivity contribution in [2.45, 2.75) is 24.8 Å². The molecular weight excluding hydrogens is 443 g/mol. The normalized spacial score (nSPS) is 12.2. The fraction of sp³-hybridized carbons (Fsp3) is 0.300. The molecule has 0 saturated carbocycles. The molecular formula is C20H23FN4O6S. The molecule has 3 N–H and O–H groups in total. The largest absolute Gasteiger partial charge is 0.353 e. The van der Waals surface area contributed by atoms with Gasteiger partial charge in [0.2, 0.25) is 15.9 Å². The van der Waals surface area contributed by atoms with E-state index in [2.05, 4.69) is 15.4 Å². The lowest BCUT2D eigenvalue weighted by Gasteiger charge is -2.22. The second-order valence-corrected chi connectivity index (χ2v) is 8.89. The molecule has 0 spiro atoms. The molecule has 2 amide bonds. The summed E-state index contributed by atoms with van der Waals surface area (Å²) in [6.07, 6.45) is 0. The number of non-ortho nitro benzene ring substituents is 1. The van der Waals surface area contributed by atoms with Crippen LogP contribution in [-0.4, -0.2) is 44.3 Å². The molecule has 2 aromatic rings. The van der Waals surface area contributed by atoms with E-state index in [0.717, 1.165) is 12.1 Å². The highest BCUT2D eigenvalue weighted by Gasteiger charge is 2.25. The van der Waals surface area contributed by atoms with Crippen molar-refractivity contribution in [1.29, 1.82) is 0 Å². The fourth-order valence-electron chi connectivity index (χ4n) is 2.73. The number of nitro groups is 1. The molecule has 0 saturated heterocycles. The first kappa shape index (κ1) is 24.9. The van der Waals surface area contributed by atoms with E-state index in [1.807, 2.05) is 0 Å². The van der Waals surface area contributed by atoms with Crippen LogP contribution in [0.2, 0.25) is 0 Å². The molecule has 0 bridgehead atoms. The summed E-state index contributed by atoms with van der Waals surface area (Å²) in [6, 6.07) is 8.93. The van der Waals surface area contributed by atoms with Crippen LogP contribution >= 0.6 is 0 Å². The van der Waals surface area contributed by atoms with E-state index in [-0.39, 0.29) is 35.2 Å². The Balaban J connectivity index is 1.93. The number of hydrogen-bond donors (Lipinski definition) is 3. The molecule has 0 aliphatic carbocycles. The molecule has 1 unspecified atom stereocenters. The molecule has 0 radical (unpaired) electrons. The highest BCUT2D eigenvalue weighted by Crippen LogP contribution is 2.17.